The molecule has 13 heteroatoms. The quantitative estimate of drug-likeness (QED) is 0.114. The van der Waals surface area contributed by atoms with E-state index in [2.05, 4.69) is 9.97 Å². The van der Waals surface area contributed by atoms with Crippen LogP contribution < -0.4 is 4.74 Å². The van der Waals surface area contributed by atoms with Crippen molar-refractivity contribution in [2.24, 2.45) is 0 Å². The van der Waals surface area contributed by atoms with E-state index < -0.39 is 5.97 Å². The van der Waals surface area contributed by atoms with Crippen LogP contribution in [0.1, 0.15) is 21.1 Å². The fourth-order valence-corrected chi connectivity index (χ4v) is 4.24. The predicted octanol–water partition coefficient (Wildman–Crippen LogP) is 3.16. The van der Waals surface area contributed by atoms with Crippen molar-refractivity contribution in [3.63, 3.8) is 0 Å². The Hall–Kier alpha value is -2.32. The largest absolute Gasteiger partial charge is 0.489 e. The number of benzene rings is 1. The van der Waals surface area contributed by atoms with E-state index in [-0.39, 0.29) is 12.5 Å². The molecule has 0 saturated carbocycles. The van der Waals surface area contributed by atoms with E-state index in [4.69, 9.17) is 44.8 Å². The summed E-state index contributed by atoms with van der Waals surface area (Å²) in [5.74, 6) is 0.862. The molecule has 1 aromatic carbocycles. The molecule has 3 rings (SSSR count). The number of thiazole rings is 1. The van der Waals surface area contributed by atoms with Crippen molar-refractivity contribution in [2.45, 2.75) is 12.4 Å². The van der Waals surface area contributed by atoms with Gasteiger partial charge < -0.3 is 37.7 Å². The van der Waals surface area contributed by atoms with Crippen LogP contribution in [0.2, 0.25) is 0 Å². The standard InChI is InChI=1S/C25H34ClN3O8S/c1-31-3-4-33-5-6-34-7-8-35-9-10-36-11-12-37-22-14-19(25(30)32-2)13-21-24(22)28-23(15-26)29(21)17-20-16-27-18-38-20/h13-14,16,18H,3-12,15,17H2,1-2H3. The summed E-state index contributed by atoms with van der Waals surface area (Å²) in [6.45, 7) is 5.14. The highest BCUT2D eigenvalue weighted by Gasteiger charge is 2.19. The van der Waals surface area contributed by atoms with E-state index in [1.807, 2.05) is 4.57 Å². The number of halogens is 1. The second-order valence-electron chi connectivity index (χ2n) is 7.84. The first kappa shape index (κ1) is 30.2. The summed E-state index contributed by atoms with van der Waals surface area (Å²) in [5, 5.41) is 0. The number of aromatic nitrogens is 3. The third-order valence-electron chi connectivity index (χ3n) is 5.27. The molecule has 0 saturated heterocycles. The maximum atomic E-state index is 12.3. The molecule has 3 aromatic rings. The van der Waals surface area contributed by atoms with Gasteiger partial charge in [-0.1, -0.05) is 0 Å². The monoisotopic (exact) mass is 571 g/mol. The molecule has 0 amide bonds. The van der Waals surface area contributed by atoms with E-state index >= 15 is 0 Å². The molecular weight excluding hydrogens is 538 g/mol. The SMILES string of the molecule is COCCOCCOCCOCCOCCOc1cc(C(=O)OC)cc2c1nc(CCl)n2Cc1cncs1. The van der Waals surface area contributed by atoms with Crippen LogP contribution in [0.25, 0.3) is 11.0 Å². The molecule has 2 aromatic heterocycles. The molecule has 2 heterocycles. The number of fused-ring (bicyclic) bond motifs is 1. The van der Waals surface area contributed by atoms with Gasteiger partial charge in [0.15, 0.2) is 0 Å². The Labute approximate surface area is 230 Å². The highest BCUT2D eigenvalue weighted by atomic mass is 35.5. The molecule has 0 atom stereocenters. The Balaban J connectivity index is 1.45. The van der Waals surface area contributed by atoms with Crippen LogP contribution in [-0.2, 0) is 40.8 Å². The van der Waals surface area contributed by atoms with Crippen molar-refractivity contribution in [2.75, 3.05) is 80.3 Å². The fourth-order valence-electron chi connectivity index (χ4n) is 3.45. The number of rotatable bonds is 20. The Bertz CT molecular complexity index is 1100. The number of carbonyl (C=O) groups is 1. The van der Waals surface area contributed by atoms with Gasteiger partial charge in [0.25, 0.3) is 0 Å². The summed E-state index contributed by atoms with van der Waals surface area (Å²) in [6, 6.07) is 3.37. The zero-order chi connectivity index (χ0) is 27.0. The molecule has 0 aliphatic heterocycles. The molecule has 210 valence electrons. The second kappa shape index (κ2) is 17.3. The average molecular weight is 572 g/mol. The van der Waals surface area contributed by atoms with Crippen molar-refractivity contribution >= 4 is 39.9 Å². The van der Waals surface area contributed by atoms with E-state index in [0.29, 0.717) is 88.7 Å². The number of nitrogens with zero attached hydrogens (tertiary/aromatic N) is 3. The molecule has 0 bridgehead atoms. The van der Waals surface area contributed by atoms with Crippen LogP contribution in [0.4, 0.5) is 0 Å². The fraction of sp³-hybridized carbons (Fsp3) is 0.560. The van der Waals surface area contributed by atoms with Crippen molar-refractivity contribution in [3.8, 4) is 5.75 Å². The van der Waals surface area contributed by atoms with Crippen LogP contribution in [-0.4, -0.2) is 101 Å². The van der Waals surface area contributed by atoms with E-state index in [1.165, 1.54) is 18.4 Å². The zero-order valence-electron chi connectivity index (χ0n) is 21.7. The first-order chi connectivity index (χ1) is 18.7. The molecule has 0 aliphatic rings. The van der Waals surface area contributed by atoms with Crippen LogP contribution in [0.3, 0.4) is 0 Å². The van der Waals surface area contributed by atoms with Gasteiger partial charge in [-0.2, -0.15) is 0 Å². The molecule has 0 fully saturated rings. The van der Waals surface area contributed by atoms with Crippen LogP contribution in [0, 0.1) is 0 Å². The number of alkyl halides is 1. The number of carbonyl (C=O) groups excluding carboxylic acids is 1. The molecule has 11 nitrogen and oxygen atoms in total. The first-order valence-electron chi connectivity index (χ1n) is 12.2. The van der Waals surface area contributed by atoms with Gasteiger partial charge in [-0.05, 0) is 12.1 Å². The molecule has 0 aliphatic carbocycles. The van der Waals surface area contributed by atoms with Crippen LogP contribution in [0.5, 0.6) is 5.75 Å². The molecule has 0 spiro atoms. The van der Waals surface area contributed by atoms with Crippen molar-refractivity contribution in [1.82, 2.24) is 14.5 Å². The Morgan fingerprint density at radius 2 is 1.55 bits per heavy atom. The number of hydrogen-bond donors (Lipinski definition) is 0. The zero-order valence-corrected chi connectivity index (χ0v) is 23.3. The second-order valence-corrected chi connectivity index (χ2v) is 9.08. The van der Waals surface area contributed by atoms with Gasteiger partial charge in [-0.15, -0.1) is 22.9 Å². The lowest BCUT2D eigenvalue weighted by Gasteiger charge is -2.11. The van der Waals surface area contributed by atoms with E-state index in [1.54, 1.807) is 30.9 Å². The first-order valence-corrected chi connectivity index (χ1v) is 13.6. The van der Waals surface area contributed by atoms with Crippen LogP contribution >= 0.6 is 22.9 Å². The minimum absolute atomic E-state index is 0.205. The summed E-state index contributed by atoms with van der Waals surface area (Å²) in [6.07, 6.45) is 1.80. The summed E-state index contributed by atoms with van der Waals surface area (Å²) in [4.78, 5) is 22.2. The molecule has 0 N–H and O–H groups in total. The number of esters is 1. The average Bonchev–Trinajstić information content (AvgIpc) is 3.58. The highest BCUT2D eigenvalue weighted by molar-refractivity contribution is 7.09. The number of ether oxygens (including phenoxy) is 7. The van der Waals surface area contributed by atoms with Crippen molar-refractivity contribution in [1.29, 1.82) is 0 Å². The lowest BCUT2D eigenvalue weighted by atomic mass is 10.2. The van der Waals surface area contributed by atoms with Gasteiger partial charge in [-0.3, -0.25) is 4.98 Å². The minimum Gasteiger partial charge on any atom is -0.489 e. The number of imidazole rings is 1. The summed E-state index contributed by atoms with van der Waals surface area (Å²) in [7, 11) is 2.98. The number of hydrogen-bond acceptors (Lipinski definition) is 11. The Morgan fingerprint density at radius 3 is 2.11 bits per heavy atom. The smallest absolute Gasteiger partial charge is 0.338 e. The van der Waals surface area contributed by atoms with Gasteiger partial charge in [-0.25, -0.2) is 9.78 Å². The van der Waals surface area contributed by atoms with Gasteiger partial charge in [0.05, 0.1) is 95.6 Å². The maximum Gasteiger partial charge on any atom is 0.338 e. The van der Waals surface area contributed by atoms with E-state index in [0.717, 1.165) is 10.4 Å². The lowest BCUT2D eigenvalue weighted by Crippen LogP contribution is -2.14. The van der Waals surface area contributed by atoms with Crippen LogP contribution in [0.15, 0.2) is 23.8 Å². The lowest BCUT2D eigenvalue weighted by molar-refractivity contribution is -0.00975. The maximum absolute atomic E-state index is 12.3. The molecular formula is C25H34ClN3O8S. The predicted molar refractivity (Wildman–Crippen MR) is 142 cm³/mol. The third-order valence-corrected chi connectivity index (χ3v) is 6.27. The highest BCUT2D eigenvalue weighted by Crippen LogP contribution is 2.30. The molecule has 38 heavy (non-hydrogen) atoms. The number of methoxy groups -OCH3 is 2. The van der Waals surface area contributed by atoms with Gasteiger partial charge >= 0.3 is 5.97 Å². The summed E-state index contributed by atoms with van der Waals surface area (Å²) < 4.78 is 39.6. The van der Waals surface area contributed by atoms with Crippen molar-refractivity contribution < 1.29 is 38.0 Å². The van der Waals surface area contributed by atoms with Crippen molar-refractivity contribution in [3.05, 3.63) is 40.1 Å². The molecule has 0 radical (unpaired) electrons. The Morgan fingerprint density at radius 1 is 0.921 bits per heavy atom. The van der Waals surface area contributed by atoms with E-state index in [9.17, 15) is 4.79 Å². The van der Waals surface area contributed by atoms with Gasteiger partial charge in [0, 0.05) is 18.2 Å². The van der Waals surface area contributed by atoms with Gasteiger partial charge in [0.1, 0.15) is 23.7 Å². The Kier molecular flexibility index (Phi) is 13.8. The minimum atomic E-state index is -0.467. The summed E-state index contributed by atoms with van der Waals surface area (Å²) in [5.41, 5.74) is 3.47. The third kappa shape index (κ3) is 9.45. The van der Waals surface area contributed by atoms with Gasteiger partial charge in [0.2, 0.25) is 0 Å². The topological polar surface area (TPSA) is 112 Å². The summed E-state index contributed by atoms with van der Waals surface area (Å²) >= 11 is 7.73. The normalized spacial score (nSPS) is 11.3. The molecule has 0 unspecified atom stereocenters.